The van der Waals surface area contributed by atoms with Gasteiger partial charge in [0, 0.05) is 11.4 Å². The number of furan rings is 1. The van der Waals surface area contributed by atoms with Crippen molar-refractivity contribution in [3.8, 4) is 0 Å². The van der Waals surface area contributed by atoms with Crippen molar-refractivity contribution >= 4 is 23.7 Å². The van der Waals surface area contributed by atoms with Gasteiger partial charge < -0.3 is 14.5 Å². The van der Waals surface area contributed by atoms with E-state index < -0.39 is 12.0 Å². The number of anilines is 1. The number of ether oxygens (including phenoxy) is 1. The molecular weight excluding hydrogens is 407 g/mol. The van der Waals surface area contributed by atoms with Crippen LogP contribution in [0, 0.1) is 5.82 Å². The van der Waals surface area contributed by atoms with Gasteiger partial charge in [0.15, 0.2) is 0 Å². The average molecular weight is 428 g/mol. The summed E-state index contributed by atoms with van der Waals surface area (Å²) >= 11 is 1.31. The Hall–Kier alpha value is -3.07. The fourth-order valence-electron chi connectivity index (χ4n) is 3.20. The highest BCUT2D eigenvalue weighted by molar-refractivity contribution is 7.98. The van der Waals surface area contributed by atoms with E-state index in [1.54, 1.807) is 62.0 Å². The number of halogens is 1. The Morgan fingerprint density at radius 3 is 2.83 bits per heavy atom. The number of nitrogens with one attached hydrogen (secondary N) is 1. The zero-order valence-corrected chi connectivity index (χ0v) is 17.6. The molecule has 4 rings (SSSR count). The minimum Gasteiger partial charge on any atom is -0.467 e. The van der Waals surface area contributed by atoms with E-state index in [1.807, 2.05) is 0 Å². The number of allylic oxidation sites excluding steroid dienone is 1. The van der Waals surface area contributed by atoms with Crippen LogP contribution in [0.1, 0.15) is 38.1 Å². The van der Waals surface area contributed by atoms with E-state index in [1.165, 1.54) is 17.8 Å². The summed E-state index contributed by atoms with van der Waals surface area (Å²) in [6.45, 7) is 5.38. The molecular formula is C21H21FN4O3S. The van der Waals surface area contributed by atoms with Crippen LogP contribution in [0.4, 0.5) is 10.3 Å². The Kier molecular flexibility index (Phi) is 5.63. The fourth-order valence-corrected chi connectivity index (χ4v) is 4.02. The van der Waals surface area contributed by atoms with Gasteiger partial charge in [-0.05, 0) is 44.5 Å². The van der Waals surface area contributed by atoms with Crippen LogP contribution in [-0.2, 0) is 15.3 Å². The molecule has 1 N–H and O–H groups in total. The van der Waals surface area contributed by atoms with E-state index in [0.29, 0.717) is 39.5 Å². The lowest BCUT2D eigenvalue weighted by molar-refractivity contribution is -0.143. The van der Waals surface area contributed by atoms with Gasteiger partial charge in [0.25, 0.3) is 0 Å². The van der Waals surface area contributed by atoms with Crippen LogP contribution in [0.3, 0.4) is 0 Å². The number of aromatic nitrogens is 3. The van der Waals surface area contributed by atoms with Crippen molar-refractivity contribution in [1.29, 1.82) is 0 Å². The first kappa shape index (κ1) is 20.2. The van der Waals surface area contributed by atoms with Crippen LogP contribution in [-0.4, -0.2) is 26.8 Å². The molecule has 1 atom stereocenters. The first-order chi connectivity index (χ1) is 14.4. The predicted molar refractivity (Wildman–Crippen MR) is 110 cm³/mol. The third kappa shape index (κ3) is 3.97. The molecule has 1 aromatic carbocycles. The molecule has 9 heteroatoms. The maximum absolute atomic E-state index is 13.9. The first-order valence-corrected chi connectivity index (χ1v) is 10.5. The van der Waals surface area contributed by atoms with Crippen molar-refractivity contribution in [2.45, 2.75) is 43.8 Å². The van der Waals surface area contributed by atoms with Crippen molar-refractivity contribution in [1.82, 2.24) is 14.8 Å². The van der Waals surface area contributed by atoms with Crippen LogP contribution >= 0.6 is 11.8 Å². The van der Waals surface area contributed by atoms with Crippen LogP contribution in [0.15, 0.2) is 63.5 Å². The molecule has 0 radical (unpaired) electrons. The smallest absolute Gasteiger partial charge is 0.338 e. The largest absolute Gasteiger partial charge is 0.467 e. The van der Waals surface area contributed by atoms with Gasteiger partial charge in [-0.2, -0.15) is 4.98 Å². The van der Waals surface area contributed by atoms with Gasteiger partial charge in [0.1, 0.15) is 17.6 Å². The molecule has 0 bridgehead atoms. The molecule has 3 aromatic rings. The minimum absolute atomic E-state index is 0.265. The van der Waals surface area contributed by atoms with Crippen molar-refractivity contribution in [2.75, 3.05) is 5.32 Å². The number of carbonyl (C=O) groups excluding carboxylic acids is 1. The topological polar surface area (TPSA) is 82.2 Å². The maximum atomic E-state index is 13.9. The van der Waals surface area contributed by atoms with Crippen LogP contribution in [0.25, 0.3) is 0 Å². The van der Waals surface area contributed by atoms with Gasteiger partial charge in [0.05, 0.1) is 17.9 Å². The normalized spacial score (nSPS) is 15.8. The maximum Gasteiger partial charge on any atom is 0.338 e. The summed E-state index contributed by atoms with van der Waals surface area (Å²) in [5, 5.41) is 8.15. The summed E-state index contributed by atoms with van der Waals surface area (Å²) in [6, 6.07) is 9.52. The molecule has 0 spiro atoms. The zero-order chi connectivity index (χ0) is 21.3. The van der Waals surface area contributed by atoms with Gasteiger partial charge in [-0.15, -0.1) is 5.10 Å². The Balaban J connectivity index is 1.66. The molecule has 0 fully saturated rings. The molecule has 3 heterocycles. The van der Waals surface area contributed by atoms with Crippen molar-refractivity contribution in [3.63, 3.8) is 0 Å². The number of carbonyl (C=O) groups is 1. The Morgan fingerprint density at radius 1 is 1.33 bits per heavy atom. The van der Waals surface area contributed by atoms with E-state index in [4.69, 9.17) is 9.15 Å². The van der Waals surface area contributed by atoms with Gasteiger partial charge in [-0.1, -0.05) is 30.0 Å². The van der Waals surface area contributed by atoms with Gasteiger partial charge in [0.2, 0.25) is 11.1 Å². The second kappa shape index (κ2) is 8.35. The highest BCUT2D eigenvalue weighted by Crippen LogP contribution is 2.37. The number of hydrogen-bond acceptors (Lipinski definition) is 7. The molecule has 0 saturated heterocycles. The quantitative estimate of drug-likeness (QED) is 0.456. The first-order valence-electron chi connectivity index (χ1n) is 9.49. The third-order valence-corrected chi connectivity index (χ3v) is 5.41. The number of rotatable bonds is 6. The summed E-state index contributed by atoms with van der Waals surface area (Å²) in [4.78, 5) is 17.3. The van der Waals surface area contributed by atoms with Crippen molar-refractivity contribution < 1.29 is 18.3 Å². The molecule has 1 aliphatic rings. The fraction of sp³-hybridized carbons (Fsp3) is 0.286. The second-order valence-electron chi connectivity index (χ2n) is 7.08. The lowest BCUT2D eigenvalue weighted by Crippen LogP contribution is -2.30. The van der Waals surface area contributed by atoms with E-state index in [2.05, 4.69) is 15.4 Å². The monoisotopic (exact) mass is 428 g/mol. The second-order valence-corrected chi connectivity index (χ2v) is 8.02. The molecule has 0 amide bonds. The van der Waals surface area contributed by atoms with E-state index >= 15 is 0 Å². The van der Waals surface area contributed by atoms with Crippen molar-refractivity contribution in [2.24, 2.45) is 0 Å². The van der Waals surface area contributed by atoms with Crippen LogP contribution in [0.2, 0.25) is 0 Å². The number of thioether (sulfide) groups is 1. The van der Waals surface area contributed by atoms with Crippen molar-refractivity contribution in [3.05, 3.63) is 71.1 Å². The average Bonchev–Trinajstić information content (AvgIpc) is 3.35. The lowest BCUT2D eigenvalue weighted by Gasteiger charge is -2.26. The molecule has 0 aliphatic carbocycles. The predicted octanol–water partition coefficient (Wildman–Crippen LogP) is 4.54. The number of fused-ring (bicyclic) bond motifs is 1. The van der Waals surface area contributed by atoms with E-state index in [9.17, 15) is 9.18 Å². The van der Waals surface area contributed by atoms with Crippen LogP contribution in [0.5, 0.6) is 0 Å². The van der Waals surface area contributed by atoms with E-state index in [0.717, 1.165) is 0 Å². The Bertz CT molecular complexity index is 1090. The Labute approximate surface area is 177 Å². The van der Waals surface area contributed by atoms with Crippen LogP contribution < -0.4 is 5.32 Å². The number of hydrogen-bond donors (Lipinski definition) is 1. The highest BCUT2D eigenvalue weighted by atomic mass is 32.2. The number of esters is 1. The standard InChI is InChI=1S/C21H21FN4O3S/c1-12(2)29-19(27)17-13(3)23-20-24-21(30-11-14-7-4-5-8-15(14)22)25-26(20)18(17)16-9-6-10-28-16/h4-10,12,18H,11H2,1-3H3,(H,23,24,25). The van der Waals surface area contributed by atoms with Gasteiger partial charge in [-0.3, -0.25) is 0 Å². The Morgan fingerprint density at radius 2 is 2.13 bits per heavy atom. The molecule has 1 aliphatic heterocycles. The minimum atomic E-state index is -0.613. The lowest BCUT2D eigenvalue weighted by atomic mass is 10.0. The molecule has 156 valence electrons. The van der Waals surface area contributed by atoms with E-state index in [-0.39, 0.29) is 11.9 Å². The summed E-state index contributed by atoms with van der Waals surface area (Å²) < 4.78 is 26.6. The molecule has 1 unspecified atom stereocenters. The molecule has 30 heavy (non-hydrogen) atoms. The SMILES string of the molecule is CC1=C(C(=O)OC(C)C)C(c2ccco2)n2nc(SCc3ccccc3F)nc2N1. The number of nitrogens with zero attached hydrogens (tertiary/aromatic N) is 3. The molecule has 7 nitrogen and oxygen atoms in total. The number of benzene rings is 1. The molecule has 0 saturated carbocycles. The van der Waals surface area contributed by atoms with Gasteiger partial charge >= 0.3 is 5.97 Å². The summed E-state index contributed by atoms with van der Waals surface area (Å²) in [6.07, 6.45) is 1.28. The summed E-state index contributed by atoms with van der Waals surface area (Å²) in [5.74, 6) is 0.695. The summed E-state index contributed by atoms with van der Waals surface area (Å²) in [7, 11) is 0. The highest BCUT2D eigenvalue weighted by Gasteiger charge is 2.37. The zero-order valence-electron chi connectivity index (χ0n) is 16.8. The summed E-state index contributed by atoms with van der Waals surface area (Å²) in [5.41, 5.74) is 1.59. The van der Waals surface area contributed by atoms with Gasteiger partial charge in [-0.25, -0.2) is 13.9 Å². The third-order valence-electron chi connectivity index (χ3n) is 4.52. The molecule has 2 aromatic heterocycles.